The van der Waals surface area contributed by atoms with E-state index >= 15 is 0 Å². The molecule has 2 rings (SSSR count). The number of hydrogen-bond acceptors (Lipinski definition) is 3. The second-order valence-corrected chi connectivity index (χ2v) is 10.4. The molecule has 1 heterocycles. The standard InChI is InChI=1S/C19H32N4O2S/c1-18(2,3)22-26(24,25)16-10-8-7-9-15(16)13-21-17(20-6)23-12-11-19(4,5)14-23/h7-10,22H,11-14H2,1-6H3,(H,20,21). The van der Waals surface area contributed by atoms with Crippen molar-refractivity contribution < 1.29 is 8.42 Å². The van der Waals surface area contributed by atoms with Gasteiger partial charge in [-0.3, -0.25) is 4.99 Å². The maximum absolute atomic E-state index is 12.7. The van der Waals surface area contributed by atoms with Gasteiger partial charge in [-0.05, 0) is 44.2 Å². The molecule has 0 unspecified atom stereocenters. The zero-order valence-electron chi connectivity index (χ0n) is 16.8. The molecule has 0 aliphatic carbocycles. The fourth-order valence-electron chi connectivity index (χ4n) is 3.17. The highest BCUT2D eigenvalue weighted by Gasteiger charge is 2.31. The molecule has 1 aliphatic heterocycles. The molecule has 1 fully saturated rings. The molecule has 2 N–H and O–H groups in total. The zero-order chi connectivity index (χ0) is 19.6. The van der Waals surface area contributed by atoms with Crippen LogP contribution in [-0.4, -0.2) is 45.0 Å². The van der Waals surface area contributed by atoms with Crippen LogP contribution in [0.1, 0.15) is 46.6 Å². The molecule has 0 spiro atoms. The van der Waals surface area contributed by atoms with Gasteiger partial charge in [-0.1, -0.05) is 32.0 Å². The van der Waals surface area contributed by atoms with Crippen molar-refractivity contribution in [2.45, 2.75) is 58.0 Å². The van der Waals surface area contributed by atoms with Gasteiger partial charge in [-0.25, -0.2) is 13.1 Å². The van der Waals surface area contributed by atoms with E-state index in [0.717, 1.165) is 31.0 Å². The molecular formula is C19H32N4O2S. The van der Waals surface area contributed by atoms with Crippen LogP contribution in [0, 0.1) is 5.41 Å². The monoisotopic (exact) mass is 380 g/mol. The fraction of sp³-hybridized carbons (Fsp3) is 0.632. The third-order valence-corrected chi connectivity index (χ3v) is 6.19. The van der Waals surface area contributed by atoms with E-state index in [-0.39, 0.29) is 5.41 Å². The van der Waals surface area contributed by atoms with Gasteiger partial charge in [0.1, 0.15) is 0 Å². The highest BCUT2D eigenvalue weighted by Crippen LogP contribution is 2.28. The fourth-order valence-corrected chi connectivity index (χ4v) is 4.83. The molecule has 0 radical (unpaired) electrons. The van der Waals surface area contributed by atoms with Crippen LogP contribution >= 0.6 is 0 Å². The Labute approximate surface area is 158 Å². The summed E-state index contributed by atoms with van der Waals surface area (Å²) in [4.78, 5) is 6.90. The summed E-state index contributed by atoms with van der Waals surface area (Å²) < 4.78 is 28.2. The van der Waals surface area contributed by atoms with E-state index < -0.39 is 15.6 Å². The van der Waals surface area contributed by atoms with Crippen LogP contribution in [0.5, 0.6) is 0 Å². The van der Waals surface area contributed by atoms with Crippen LogP contribution in [0.2, 0.25) is 0 Å². The number of likely N-dealkylation sites (tertiary alicyclic amines) is 1. The lowest BCUT2D eigenvalue weighted by molar-refractivity contribution is 0.370. The molecule has 1 aromatic rings. The maximum atomic E-state index is 12.7. The van der Waals surface area contributed by atoms with Crippen LogP contribution in [0.25, 0.3) is 0 Å². The molecule has 1 aromatic carbocycles. The Kier molecular flexibility index (Phi) is 6.02. The van der Waals surface area contributed by atoms with Crippen molar-refractivity contribution in [3.63, 3.8) is 0 Å². The molecule has 0 amide bonds. The van der Waals surface area contributed by atoms with E-state index in [2.05, 4.69) is 33.8 Å². The topological polar surface area (TPSA) is 73.8 Å². The van der Waals surface area contributed by atoms with Gasteiger partial charge in [0, 0.05) is 32.2 Å². The van der Waals surface area contributed by atoms with Crippen LogP contribution in [0.3, 0.4) is 0 Å². The van der Waals surface area contributed by atoms with E-state index in [1.807, 2.05) is 32.9 Å². The average molecular weight is 381 g/mol. The van der Waals surface area contributed by atoms with E-state index in [0.29, 0.717) is 11.4 Å². The van der Waals surface area contributed by atoms with Crippen molar-refractivity contribution in [2.24, 2.45) is 10.4 Å². The van der Waals surface area contributed by atoms with Gasteiger partial charge < -0.3 is 10.2 Å². The third-order valence-electron chi connectivity index (χ3n) is 4.33. The number of sulfonamides is 1. The minimum atomic E-state index is -3.58. The lowest BCUT2D eigenvalue weighted by atomic mass is 9.93. The van der Waals surface area contributed by atoms with E-state index in [9.17, 15) is 8.42 Å². The highest BCUT2D eigenvalue weighted by atomic mass is 32.2. The Hall–Kier alpha value is -1.60. The summed E-state index contributed by atoms with van der Waals surface area (Å²) in [5.74, 6) is 0.812. The Morgan fingerprint density at radius 3 is 2.46 bits per heavy atom. The molecule has 0 atom stereocenters. The van der Waals surface area contributed by atoms with Gasteiger partial charge in [-0.15, -0.1) is 0 Å². The Morgan fingerprint density at radius 2 is 1.92 bits per heavy atom. The van der Waals surface area contributed by atoms with E-state index in [1.165, 1.54) is 0 Å². The van der Waals surface area contributed by atoms with E-state index in [1.54, 1.807) is 19.2 Å². The van der Waals surface area contributed by atoms with Gasteiger partial charge in [0.2, 0.25) is 10.0 Å². The number of nitrogens with one attached hydrogen (secondary N) is 2. The second-order valence-electron chi connectivity index (χ2n) is 8.70. The molecule has 1 saturated heterocycles. The predicted molar refractivity (Wildman–Crippen MR) is 107 cm³/mol. The van der Waals surface area contributed by atoms with Crippen molar-refractivity contribution >= 4 is 16.0 Å². The number of hydrogen-bond donors (Lipinski definition) is 2. The van der Waals surface area contributed by atoms with Gasteiger partial charge >= 0.3 is 0 Å². The average Bonchev–Trinajstić information content (AvgIpc) is 2.86. The van der Waals surface area contributed by atoms with Gasteiger partial charge in [-0.2, -0.15) is 0 Å². The summed E-state index contributed by atoms with van der Waals surface area (Å²) in [6.07, 6.45) is 1.12. The van der Waals surface area contributed by atoms with Crippen LogP contribution in [0.15, 0.2) is 34.2 Å². The second kappa shape index (κ2) is 7.56. The van der Waals surface area contributed by atoms with Crippen molar-refractivity contribution in [1.82, 2.24) is 14.9 Å². The summed E-state index contributed by atoms with van der Waals surface area (Å²) in [7, 11) is -1.82. The first kappa shape index (κ1) is 20.7. The number of guanidine groups is 1. The predicted octanol–water partition coefficient (Wildman–Crippen LogP) is 2.57. The summed E-state index contributed by atoms with van der Waals surface area (Å²) >= 11 is 0. The van der Waals surface area contributed by atoms with Gasteiger partial charge in [0.15, 0.2) is 5.96 Å². The van der Waals surface area contributed by atoms with Crippen molar-refractivity contribution in [1.29, 1.82) is 0 Å². The summed E-state index contributed by atoms with van der Waals surface area (Å²) in [5.41, 5.74) is 0.468. The quantitative estimate of drug-likeness (QED) is 0.622. The molecule has 1 aliphatic rings. The molecule has 0 bridgehead atoms. The van der Waals surface area contributed by atoms with Gasteiger partial charge in [0.25, 0.3) is 0 Å². The van der Waals surface area contributed by atoms with Gasteiger partial charge in [0.05, 0.1) is 4.90 Å². The van der Waals surface area contributed by atoms with Crippen molar-refractivity contribution in [2.75, 3.05) is 20.1 Å². The lowest BCUT2D eigenvalue weighted by Crippen LogP contribution is -2.42. The van der Waals surface area contributed by atoms with Crippen molar-refractivity contribution in [3.05, 3.63) is 29.8 Å². The molecule has 0 saturated carbocycles. The van der Waals surface area contributed by atoms with Crippen LogP contribution in [0.4, 0.5) is 0 Å². The maximum Gasteiger partial charge on any atom is 0.241 e. The van der Waals surface area contributed by atoms with Crippen LogP contribution < -0.4 is 10.0 Å². The molecule has 146 valence electrons. The number of aliphatic imine (C=N–C) groups is 1. The minimum Gasteiger partial charge on any atom is -0.352 e. The highest BCUT2D eigenvalue weighted by molar-refractivity contribution is 7.89. The Morgan fingerprint density at radius 1 is 1.27 bits per heavy atom. The number of benzene rings is 1. The number of rotatable bonds is 4. The molecule has 0 aromatic heterocycles. The van der Waals surface area contributed by atoms with Crippen LogP contribution in [-0.2, 0) is 16.6 Å². The lowest BCUT2D eigenvalue weighted by Gasteiger charge is -2.24. The zero-order valence-corrected chi connectivity index (χ0v) is 17.6. The molecule has 7 heteroatoms. The van der Waals surface area contributed by atoms with Crippen molar-refractivity contribution in [3.8, 4) is 0 Å². The normalized spacial score (nSPS) is 18.2. The number of nitrogens with zero attached hydrogens (tertiary/aromatic N) is 2. The Balaban J connectivity index is 2.16. The smallest absolute Gasteiger partial charge is 0.241 e. The first-order valence-electron chi connectivity index (χ1n) is 9.01. The summed E-state index contributed by atoms with van der Waals surface area (Å²) in [6.45, 7) is 12.3. The SMILES string of the molecule is CN=C(NCc1ccccc1S(=O)(=O)NC(C)(C)C)N1CCC(C)(C)C1. The third kappa shape index (κ3) is 5.45. The summed E-state index contributed by atoms with van der Waals surface area (Å²) in [6, 6.07) is 7.09. The van der Waals surface area contributed by atoms with E-state index in [4.69, 9.17) is 0 Å². The molecular weight excluding hydrogens is 348 g/mol. The summed E-state index contributed by atoms with van der Waals surface area (Å²) in [5, 5.41) is 3.32. The first-order valence-corrected chi connectivity index (χ1v) is 10.5. The molecule has 26 heavy (non-hydrogen) atoms. The molecule has 6 nitrogen and oxygen atoms in total. The minimum absolute atomic E-state index is 0.273. The Bertz CT molecular complexity index is 764. The largest absolute Gasteiger partial charge is 0.352 e. The first-order chi connectivity index (χ1) is 11.9.